The van der Waals surface area contributed by atoms with E-state index in [1.807, 2.05) is 11.8 Å². The Labute approximate surface area is 114 Å². The van der Waals surface area contributed by atoms with Gasteiger partial charge in [0.25, 0.3) is 0 Å². The molecular weight excluding hydrogens is 248 g/mol. The van der Waals surface area contributed by atoms with Crippen LogP contribution in [0.2, 0.25) is 0 Å². The minimum Gasteiger partial charge on any atom is -0.127 e. The number of thioether (sulfide) groups is 1. The zero-order valence-electron chi connectivity index (χ0n) is 10.5. The van der Waals surface area contributed by atoms with Crippen molar-refractivity contribution in [3.8, 4) is 0 Å². The standard InChI is InChI=1S/C15H21ClS/c1-12(7-9-16)8-10-17-15-6-5-13-3-2-4-14(13)11-15/h5-6,11-12H,2-4,7-10H2,1H3. The maximum absolute atomic E-state index is 5.75. The average Bonchev–Trinajstić information content (AvgIpc) is 2.76. The Morgan fingerprint density at radius 2 is 2.06 bits per heavy atom. The molecule has 0 saturated carbocycles. The van der Waals surface area contributed by atoms with Crippen LogP contribution in [0.25, 0.3) is 0 Å². The van der Waals surface area contributed by atoms with Gasteiger partial charge in [-0.25, -0.2) is 0 Å². The van der Waals surface area contributed by atoms with E-state index in [2.05, 4.69) is 25.1 Å². The van der Waals surface area contributed by atoms with Crippen molar-refractivity contribution in [2.24, 2.45) is 5.92 Å². The van der Waals surface area contributed by atoms with Gasteiger partial charge in [0.1, 0.15) is 0 Å². The predicted octanol–water partition coefficient (Wildman–Crippen LogP) is 4.92. The molecule has 1 aliphatic carbocycles. The highest BCUT2D eigenvalue weighted by Crippen LogP contribution is 2.28. The highest BCUT2D eigenvalue weighted by Gasteiger charge is 2.10. The molecule has 1 aliphatic rings. The maximum Gasteiger partial charge on any atom is 0.0225 e. The van der Waals surface area contributed by atoms with E-state index >= 15 is 0 Å². The first-order valence-corrected chi connectivity index (χ1v) is 8.12. The largest absolute Gasteiger partial charge is 0.127 e. The number of benzene rings is 1. The molecule has 0 radical (unpaired) electrons. The van der Waals surface area contributed by atoms with Gasteiger partial charge < -0.3 is 0 Å². The minimum absolute atomic E-state index is 0.759. The van der Waals surface area contributed by atoms with E-state index in [9.17, 15) is 0 Å². The maximum atomic E-state index is 5.75. The number of aryl methyl sites for hydroxylation is 2. The zero-order valence-corrected chi connectivity index (χ0v) is 12.1. The normalized spacial score (nSPS) is 15.9. The molecule has 1 aromatic rings. The second-order valence-corrected chi connectivity index (χ2v) is 6.55. The number of alkyl halides is 1. The molecule has 1 aromatic carbocycles. The lowest BCUT2D eigenvalue weighted by Gasteiger charge is -2.09. The number of hydrogen-bond donors (Lipinski definition) is 0. The van der Waals surface area contributed by atoms with E-state index in [1.54, 1.807) is 11.1 Å². The lowest BCUT2D eigenvalue weighted by Crippen LogP contribution is -1.97. The summed E-state index contributed by atoms with van der Waals surface area (Å²) in [5.41, 5.74) is 3.16. The summed E-state index contributed by atoms with van der Waals surface area (Å²) in [5.74, 6) is 2.77. The SMILES string of the molecule is CC(CCCl)CCSc1ccc2c(c1)CCC2. The van der Waals surface area contributed by atoms with Gasteiger partial charge in [0.05, 0.1) is 0 Å². The number of halogens is 1. The fraction of sp³-hybridized carbons (Fsp3) is 0.600. The molecule has 0 saturated heterocycles. The molecule has 0 amide bonds. The second-order valence-electron chi connectivity index (χ2n) is 5.00. The quantitative estimate of drug-likeness (QED) is 0.521. The molecule has 0 N–H and O–H groups in total. The van der Waals surface area contributed by atoms with Crippen LogP contribution in [0.1, 0.15) is 37.3 Å². The Kier molecular flexibility index (Phi) is 5.24. The molecule has 1 unspecified atom stereocenters. The Morgan fingerprint density at radius 1 is 1.24 bits per heavy atom. The summed E-state index contributed by atoms with van der Waals surface area (Å²) in [4.78, 5) is 1.45. The Hall–Kier alpha value is -0.140. The summed E-state index contributed by atoms with van der Waals surface area (Å²) in [6.45, 7) is 2.30. The van der Waals surface area contributed by atoms with Crippen molar-refractivity contribution in [2.45, 2.75) is 43.9 Å². The Balaban J connectivity index is 1.79. The second kappa shape index (κ2) is 6.70. The molecule has 0 spiro atoms. The number of hydrogen-bond acceptors (Lipinski definition) is 1. The fourth-order valence-electron chi connectivity index (χ4n) is 2.35. The molecule has 0 aromatic heterocycles. The lowest BCUT2D eigenvalue weighted by molar-refractivity contribution is 0.552. The summed E-state index contributed by atoms with van der Waals surface area (Å²) in [6, 6.07) is 7.02. The van der Waals surface area contributed by atoms with Crippen LogP contribution in [-0.2, 0) is 12.8 Å². The summed E-state index contributed by atoms with van der Waals surface area (Å²) < 4.78 is 0. The molecular formula is C15H21ClS. The van der Waals surface area contributed by atoms with Gasteiger partial charge in [0, 0.05) is 10.8 Å². The van der Waals surface area contributed by atoms with Gasteiger partial charge in [0.2, 0.25) is 0 Å². The molecule has 94 valence electrons. The van der Waals surface area contributed by atoms with Crippen molar-refractivity contribution in [3.63, 3.8) is 0 Å². The molecule has 17 heavy (non-hydrogen) atoms. The smallest absolute Gasteiger partial charge is 0.0225 e. The predicted molar refractivity (Wildman–Crippen MR) is 78.3 cm³/mol. The van der Waals surface area contributed by atoms with Crippen LogP contribution in [0.15, 0.2) is 23.1 Å². The van der Waals surface area contributed by atoms with Gasteiger partial charge >= 0.3 is 0 Å². The lowest BCUT2D eigenvalue weighted by atomic mass is 10.1. The van der Waals surface area contributed by atoms with E-state index in [4.69, 9.17) is 11.6 Å². The van der Waals surface area contributed by atoms with E-state index in [0.29, 0.717) is 0 Å². The monoisotopic (exact) mass is 268 g/mol. The fourth-order valence-corrected chi connectivity index (χ4v) is 3.86. The molecule has 0 aliphatic heterocycles. The third-order valence-electron chi connectivity index (χ3n) is 3.55. The minimum atomic E-state index is 0.759. The van der Waals surface area contributed by atoms with Crippen LogP contribution in [0.4, 0.5) is 0 Å². The third-order valence-corrected chi connectivity index (χ3v) is 4.80. The average molecular weight is 269 g/mol. The molecule has 1 atom stereocenters. The van der Waals surface area contributed by atoms with Crippen LogP contribution < -0.4 is 0 Å². The van der Waals surface area contributed by atoms with Crippen LogP contribution >= 0.6 is 23.4 Å². The molecule has 2 heteroatoms. The summed E-state index contributed by atoms with van der Waals surface area (Å²) in [5, 5.41) is 0. The van der Waals surface area contributed by atoms with Crippen LogP contribution in [0, 0.1) is 5.92 Å². The molecule has 2 rings (SSSR count). The van der Waals surface area contributed by atoms with Gasteiger partial charge in [-0.05, 0) is 67.0 Å². The molecule has 0 heterocycles. The van der Waals surface area contributed by atoms with Crippen molar-refractivity contribution in [2.75, 3.05) is 11.6 Å². The first-order chi connectivity index (χ1) is 8.29. The number of fused-ring (bicyclic) bond motifs is 1. The van der Waals surface area contributed by atoms with Crippen molar-refractivity contribution < 1.29 is 0 Å². The Bertz CT molecular complexity index is 362. The summed E-state index contributed by atoms with van der Waals surface area (Å²) in [7, 11) is 0. The van der Waals surface area contributed by atoms with Crippen LogP contribution in [-0.4, -0.2) is 11.6 Å². The van der Waals surface area contributed by atoms with Crippen molar-refractivity contribution in [1.29, 1.82) is 0 Å². The topological polar surface area (TPSA) is 0 Å². The third kappa shape index (κ3) is 3.93. The van der Waals surface area contributed by atoms with Crippen molar-refractivity contribution >= 4 is 23.4 Å². The van der Waals surface area contributed by atoms with E-state index in [1.165, 1.54) is 36.3 Å². The van der Waals surface area contributed by atoms with Gasteiger partial charge in [-0.3, -0.25) is 0 Å². The van der Waals surface area contributed by atoms with Crippen LogP contribution in [0.5, 0.6) is 0 Å². The Morgan fingerprint density at radius 3 is 2.88 bits per heavy atom. The van der Waals surface area contributed by atoms with Gasteiger partial charge in [-0.2, -0.15) is 0 Å². The van der Waals surface area contributed by atoms with E-state index in [-0.39, 0.29) is 0 Å². The van der Waals surface area contributed by atoms with E-state index < -0.39 is 0 Å². The molecule has 0 bridgehead atoms. The van der Waals surface area contributed by atoms with Gasteiger partial charge in [0.15, 0.2) is 0 Å². The first kappa shape index (κ1) is 13.3. The summed E-state index contributed by atoms with van der Waals surface area (Å²) >= 11 is 7.75. The number of rotatable bonds is 6. The highest BCUT2D eigenvalue weighted by atomic mass is 35.5. The van der Waals surface area contributed by atoms with Crippen molar-refractivity contribution in [1.82, 2.24) is 0 Å². The van der Waals surface area contributed by atoms with E-state index in [0.717, 1.165) is 18.2 Å². The highest BCUT2D eigenvalue weighted by molar-refractivity contribution is 7.99. The van der Waals surface area contributed by atoms with Crippen LogP contribution in [0.3, 0.4) is 0 Å². The zero-order chi connectivity index (χ0) is 12.1. The molecule has 0 fully saturated rings. The van der Waals surface area contributed by atoms with Gasteiger partial charge in [-0.15, -0.1) is 23.4 Å². The van der Waals surface area contributed by atoms with Gasteiger partial charge in [-0.1, -0.05) is 13.0 Å². The molecule has 0 nitrogen and oxygen atoms in total. The summed E-state index contributed by atoms with van der Waals surface area (Å²) in [6.07, 6.45) is 6.33. The first-order valence-electron chi connectivity index (χ1n) is 6.60. The van der Waals surface area contributed by atoms with Crippen molar-refractivity contribution in [3.05, 3.63) is 29.3 Å².